The lowest BCUT2D eigenvalue weighted by Crippen LogP contribution is -2.21. The maximum absolute atomic E-state index is 5.48. The molecule has 134 valence electrons. The number of ether oxygens (including phenoxy) is 1. The van der Waals surface area contributed by atoms with Crippen LogP contribution >= 0.6 is 0 Å². The SMILES string of the molecule is COc1nccnc1C(C)C1=C(CCN2CC=CC2)Cc2ccccc21. The Morgan fingerprint density at radius 3 is 2.69 bits per heavy atom. The Kier molecular flexibility index (Phi) is 4.85. The van der Waals surface area contributed by atoms with Crippen LogP contribution in [0.3, 0.4) is 0 Å². The smallest absolute Gasteiger partial charge is 0.235 e. The molecular formula is C22H25N3O. The predicted molar refractivity (Wildman–Crippen MR) is 104 cm³/mol. The number of rotatable bonds is 6. The molecule has 0 amide bonds. The van der Waals surface area contributed by atoms with Crippen LogP contribution in [0.15, 0.2) is 54.4 Å². The molecule has 1 aliphatic carbocycles. The summed E-state index contributed by atoms with van der Waals surface area (Å²) in [6.07, 6.45) is 10.1. The van der Waals surface area contributed by atoms with Gasteiger partial charge in [0.25, 0.3) is 0 Å². The molecule has 1 aromatic carbocycles. The number of methoxy groups -OCH3 is 1. The molecule has 1 aliphatic heterocycles. The second-order valence-electron chi connectivity index (χ2n) is 7.00. The number of nitrogens with zero attached hydrogens (tertiary/aromatic N) is 3. The van der Waals surface area contributed by atoms with Crippen molar-refractivity contribution in [2.24, 2.45) is 0 Å². The van der Waals surface area contributed by atoms with E-state index in [1.54, 1.807) is 19.5 Å². The van der Waals surface area contributed by atoms with Crippen molar-refractivity contribution in [2.75, 3.05) is 26.7 Å². The molecule has 0 N–H and O–H groups in total. The van der Waals surface area contributed by atoms with Crippen molar-refractivity contribution in [3.8, 4) is 5.88 Å². The number of fused-ring (bicyclic) bond motifs is 1. The zero-order valence-corrected chi connectivity index (χ0v) is 15.5. The first-order valence-corrected chi connectivity index (χ1v) is 9.30. The van der Waals surface area contributed by atoms with Gasteiger partial charge in [0.05, 0.1) is 7.11 Å². The van der Waals surface area contributed by atoms with E-state index in [2.05, 4.69) is 58.2 Å². The minimum atomic E-state index is 0.161. The van der Waals surface area contributed by atoms with Gasteiger partial charge in [-0.15, -0.1) is 0 Å². The second kappa shape index (κ2) is 7.42. The summed E-state index contributed by atoms with van der Waals surface area (Å²) in [5.74, 6) is 0.786. The van der Waals surface area contributed by atoms with E-state index in [1.165, 1.54) is 22.3 Å². The first kappa shape index (κ1) is 17.0. The van der Waals surface area contributed by atoms with Crippen molar-refractivity contribution in [3.63, 3.8) is 0 Å². The molecule has 0 saturated heterocycles. The molecule has 0 fully saturated rings. The summed E-state index contributed by atoms with van der Waals surface area (Å²) in [6.45, 7) is 5.47. The summed E-state index contributed by atoms with van der Waals surface area (Å²) in [4.78, 5) is 11.4. The van der Waals surface area contributed by atoms with E-state index >= 15 is 0 Å². The second-order valence-corrected chi connectivity index (χ2v) is 7.00. The van der Waals surface area contributed by atoms with Crippen molar-refractivity contribution in [1.29, 1.82) is 0 Å². The Balaban J connectivity index is 1.68. The van der Waals surface area contributed by atoms with Gasteiger partial charge >= 0.3 is 0 Å². The van der Waals surface area contributed by atoms with Gasteiger partial charge < -0.3 is 4.74 Å². The van der Waals surface area contributed by atoms with Crippen LogP contribution in [0.25, 0.3) is 5.57 Å². The minimum absolute atomic E-state index is 0.161. The van der Waals surface area contributed by atoms with Crippen LogP contribution in [0.4, 0.5) is 0 Å². The van der Waals surface area contributed by atoms with Crippen LogP contribution in [0.1, 0.15) is 36.1 Å². The zero-order valence-electron chi connectivity index (χ0n) is 15.5. The molecule has 1 atom stereocenters. The van der Waals surface area contributed by atoms with Gasteiger partial charge in [0.15, 0.2) is 0 Å². The van der Waals surface area contributed by atoms with Gasteiger partial charge in [-0.3, -0.25) is 9.88 Å². The first-order chi connectivity index (χ1) is 12.8. The van der Waals surface area contributed by atoms with Gasteiger partial charge in [-0.05, 0) is 29.5 Å². The lowest BCUT2D eigenvalue weighted by atomic mass is 9.90. The third-order valence-corrected chi connectivity index (χ3v) is 5.44. The van der Waals surface area contributed by atoms with Crippen molar-refractivity contribution in [3.05, 3.63) is 71.2 Å². The number of hydrogen-bond acceptors (Lipinski definition) is 4. The van der Waals surface area contributed by atoms with Gasteiger partial charge in [0.1, 0.15) is 5.69 Å². The summed E-state index contributed by atoms with van der Waals surface area (Å²) in [5, 5.41) is 0. The summed E-state index contributed by atoms with van der Waals surface area (Å²) in [5.41, 5.74) is 6.64. The number of benzene rings is 1. The number of aromatic nitrogens is 2. The predicted octanol–water partition coefficient (Wildman–Crippen LogP) is 3.86. The average molecular weight is 347 g/mol. The average Bonchev–Trinajstić information content (AvgIpc) is 3.33. The summed E-state index contributed by atoms with van der Waals surface area (Å²) in [7, 11) is 1.67. The molecule has 0 bridgehead atoms. The fourth-order valence-electron chi connectivity index (χ4n) is 4.14. The highest BCUT2D eigenvalue weighted by Gasteiger charge is 2.28. The van der Waals surface area contributed by atoms with Crippen LogP contribution in [0, 0.1) is 0 Å². The van der Waals surface area contributed by atoms with Crippen LogP contribution in [0.2, 0.25) is 0 Å². The van der Waals surface area contributed by atoms with Gasteiger partial charge in [-0.25, -0.2) is 4.98 Å². The fraction of sp³-hybridized carbons (Fsp3) is 0.364. The third kappa shape index (κ3) is 3.17. The molecular weight excluding hydrogens is 322 g/mol. The molecule has 2 aromatic rings. The molecule has 26 heavy (non-hydrogen) atoms. The van der Waals surface area contributed by atoms with E-state index in [4.69, 9.17) is 4.74 Å². The maximum atomic E-state index is 5.48. The lowest BCUT2D eigenvalue weighted by molar-refractivity contribution is 0.356. The summed E-state index contributed by atoms with van der Waals surface area (Å²) in [6, 6.07) is 8.76. The Morgan fingerprint density at radius 1 is 1.12 bits per heavy atom. The molecule has 0 spiro atoms. The van der Waals surface area contributed by atoms with Crippen LogP contribution in [0.5, 0.6) is 5.88 Å². The largest absolute Gasteiger partial charge is 0.480 e. The molecule has 1 aromatic heterocycles. The van der Waals surface area contributed by atoms with E-state index in [1.807, 2.05) is 0 Å². The highest BCUT2D eigenvalue weighted by molar-refractivity contribution is 5.80. The quantitative estimate of drug-likeness (QED) is 0.744. The Hall–Kier alpha value is -2.46. The number of hydrogen-bond donors (Lipinski definition) is 0. The lowest BCUT2D eigenvalue weighted by Gasteiger charge is -2.20. The van der Waals surface area contributed by atoms with Crippen LogP contribution in [-0.2, 0) is 6.42 Å². The Labute approximate surface area is 155 Å². The fourth-order valence-corrected chi connectivity index (χ4v) is 4.14. The molecule has 2 aliphatic rings. The summed E-state index contributed by atoms with van der Waals surface area (Å²) >= 11 is 0. The van der Waals surface area contributed by atoms with Gasteiger partial charge in [0.2, 0.25) is 5.88 Å². The van der Waals surface area contributed by atoms with Gasteiger partial charge in [-0.1, -0.05) is 48.9 Å². The van der Waals surface area contributed by atoms with E-state index < -0.39 is 0 Å². The highest BCUT2D eigenvalue weighted by atomic mass is 16.5. The maximum Gasteiger partial charge on any atom is 0.235 e. The molecule has 2 heterocycles. The Morgan fingerprint density at radius 2 is 1.88 bits per heavy atom. The van der Waals surface area contributed by atoms with E-state index in [0.717, 1.165) is 38.2 Å². The van der Waals surface area contributed by atoms with Gasteiger partial charge in [0, 0.05) is 37.9 Å². The van der Waals surface area contributed by atoms with Gasteiger partial charge in [-0.2, -0.15) is 0 Å². The topological polar surface area (TPSA) is 38.3 Å². The molecule has 0 saturated carbocycles. The molecule has 1 unspecified atom stereocenters. The van der Waals surface area contributed by atoms with Crippen molar-refractivity contribution < 1.29 is 4.74 Å². The zero-order chi connectivity index (χ0) is 17.9. The van der Waals surface area contributed by atoms with E-state index in [-0.39, 0.29) is 5.92 Å². The number of allylic oxidation sites excluding steroid dienone is 1. The van der Waals surface area contributed by atoms with E-state index in [0.29, 0.717) is 5.88 Å². The summed E-state index contributed by atoms with van der Waals surface area (Å²) < 4.78 is 5.48. The van der Waals surface area contributed by atoms with Crippen LogP contribution < -0.4 is 4.74 Å². The van der Waals surface area contributed by atoms with Crippen LogP contribution in [-0.4, -0.2) is 41.6 Å². The van der Waals surface area contributed by atoms with Crippen molar-refractivity contribution in [2.45, 2.75) is 25.7 Å². The van der Waals surface area contributed by atoms with Crippen molar-refractivity contribution in [1.82, 2.24) is 14.9 Å². The third-order valence-electron chi connectivity index (χ3n) is 5.44. The molecule has 4 rings (SSSR count). The minimum Gasteiger partial charge on any atom is -0.480 e. The monoisotopic (exact) mass is 347 g/mol. The van der Waals surface area contributed by atoms with Crippen molar-refractivity contribution >= 4 is 5.57 Å². The Bertz CT molecular complexity index is 848. The normalized spacial score (nSPS) is 17.6. The standard InChI is InChI=1S/C22H25N3O/c1-16(21-22(26-2)24-11-10-23-21)20-18(9-14-25-12-5-6-13-25)15-17-7-3-4-8-19(17)20/h3-8,10-11,16H,9,12-15H2,1-2H3. The van der Waals surface area contributed by atoms with E-state index in [9.17, 15) is 0 Å². The highest BCUT2D eigenvalue weighted by Crippen LogP contribution is 2.44. The molecule has 0 radical (unpaired) electrons. The molecule has 4 heteroatoms. The first-order valence-electron chi connectivity index (χ1n) is 9.30. The molecule has 4 nitrogen and oxygen atoms in total.